The van der Waals surface area contributed by atoms with E-state index in [1.165, 1.54) is 6.07 Å². The predicted octanol–water partition coefficient (Wildman–Crippen LogP) is 3.10. The number of anilines is 1. The smallest absolute Gasteiger partial charge is 0.224 e. The van der Waals surface area contributed by atoms with Crippen molar-refractivity contribution >= 4 is 11.6 Å². The lowest BCUT2D eigenvalue weighted by atomic mass is 10.2. The SMILES string of the molecule is NCCOc1ccc(NC(=O)CCCOc2ccc(F)cc2F)cc1. The molecule has 0 saturated carbocycles. The quantitative estimate of drug-likeness (QED) is 0.682. The van der Waals surface area contributed by atoms with Crippen molar-refractivity contribution in [1.82, 2.24) is 0 Å². The molecule has 0 aromatic heterocycles. The minimum Gasteiger partial charge on any atom is -0.492 e. The zero-order valence-corrected chi connectivity index (χ0v) is 13.6. The average Bonchev–Trinajstić information content (AvgIpc) is 2.59. The molecule has 25 heavy (non-hydrogen) atoms. The number of amides is 1. The molecule has 0 saturated heterocycles. The molecular formula is C18H20F2N2O3. The molecule has 0 radical (unpaired) electrons. The van der Waals surface area contributed by atoms with Crippen LogP contribution in [0.25, 0.3) is 0 Å². The van der Waals surface area contributed by atoms with E-state index in [4.69, 9.17) is 15.2 Å². The van der Waals surface area contributed by atoms with Crippen molar-refractivity contribution in [2.24, 2.45) is 5.73 Å². The molecule has 5 nitrogen and oxygen atoms in total. The van der Waals surface area contributed by atoms with Crippen molar-refractivity contribution in [1.29, 1.82) is 0 Å². The molecule has 0 atom stereocenters. The maximum Gasteiger partial charge on any atom is 0.224 e. The van der Waals surface area contributed by atoms with Crippen molar-refractivity contribution in [3.8, 4) is 11.5 Å². The van der Waals surface area contributed by atoms with Crippen LogP contribution in [0.4, 0.5) is 14.5 Å². The Kier molecular flexibility index (Phi) is 7.16. The van der Waals surface area contributed by atoms with Crippen LogP contribution in [0, 0.1) is 11.6 Å². The topological polar surface area (TPSA) is 73.6 Å². The van der Waals surface area contributed by atoms with E-state index in [2.05, 4.69) is 5.32 Å². The molecule has 0 aliphatic carbocycles. The van der Waals surface area contributed by atoms with Gasteiger partial charge in [0.05, 0.1) is 6.61 Å². The Labute approximate surface area is 144 Å². The number of rotatable bonds is 9. The van der Waals surface area contributed by atoms with E-state index in [-0.39, 0.29) is 24.7 Å². The highest BCUT2D eigenvalue weighted by Crippen LogP contribution is 2.18. The molecule has 134 valence electrons. The Morgan fingerprint density at radius 2 is 1.80 bits per heavy atom. The molecule has 0 unspecified atom stereocenters. The van der Waals surface area contributed by atoms with Crippen molar-refractivity contribution < 1.29 is 23.0 Å². The van der Waals surface area contributed by atoms with Crippen molar-refractivity contribution in [3.05, 3.63) is 54.1 Å². The largest absolute Gasteiger partial charge is 0.492 e. The zero-order chi connectivity index (χ0) is 18.1. The van der Waals surface area contributed by atoms with Crippen LogP contribution in [0.1, 0.15) is 12.8 Å². The van der Waals surface area contributed by atoms with Crippen LogP contribution < -0.4 is 20.5 Å². The maximum atomic E-state index is 13.4. The van der Waals surface area contributed by atoms with Crippen LogP contribution in [0.3, 0.4) is 0 Å². The summed E-state index contributed by atoms with van der Waals surface area (Å²) in [7, 11) is 0. The molecule has 0 fully saturated rings. The van der Waals surface area contributed by atoms with Gasteiger partial charge in [0.25, 0.3) is 0 Å². The molecule has 0 spiro atoms. The van der Waals surface area contributed by atoms with Crippen LogP contribution in [-0.4, -0.2) is 25.7 Å². The van der Waals surface area contributed by atoms with Gasteiger partial charge >= 0.3 is 0 Å². The predicted molar refractivity (Wildman–Crippen MR) is 90.7 cm³/mol. The van der Waals surface area contributed by atoms with Crippen LogP contribution in [0.2, 0.25) is 0 Å². The molecule has 0 heterocycles. The molecule has 0 aliphatic rings. The lowest BCUT2D eigenvalue weighted by molar-refractivity contribution is -0.116. The molecule has 2 aromatic rings. The minimum atomic E-state index is -0.763. The fourth-order valence-electron chi connectivity index (χ4n) is 2.04. The van der Waals surface area contributed by atoms with E-state index in [0.29, 0.717) is 31.0 Å². The van der Waals surface area contributed by atoms with Crippen LogP contribution in [-0.2, 0) is 4.79 Å². The number of halogens is 2. The summed E-state index contributed by atoms with van der Waals surface area (Å²) in [4.78, 5) is 11.9. The van der Waals surface area contributed by atoms with Crippen LogP contribution >= 0.6 is 0 Å². The van der Waals surface area contributed by atoms with Gasteiger partial charge in [0.2, 0.25) is 5.91 Å². The molecule has 0 aliphatic heterocycles. The van der Waals surface area contributed by atoms with Gasteiger partial charge in [-0.1, -0.05) is 0 Å². The number of nitrogens with one attached hydrogen (secondary N) is 1. The van der Waals surface area contributed by atoms with Gasteiger partial charge in [-0.05, 0) is 42.8 Å². The van der Waals surface area contributed by atoms with E-state index in [0.717, 1.165) is 12.1 Å². The third-order valence-corrected chi connectivity index (χ3v) is 3.22. The Morgan fingerprint density at radius 3 is 2.48 bits per heavy atom. The fourth-order valence-corrected chi connectivity index (χ4v) is 2.04. The second-order valence-electron chi connectivity index (χ2n) is 5.24. The first-order valence-electron chi connectivity index (χ1n) is 7.89. The first-order chi connectivity index (χ1) is 12.1. The highest BCUT2D eigenvalue weighted by Gasteiger charge is 2.06. The third-order valence-electron chi connectivity index (χ3n) is 3.22. The summed E-state index contributed by atoms with van der Waals surface area (Å²) in [5.41, 5.74) is 6.00. The molecule has 2 aromatic carbocycles. The number of hydrogen-bond acceptors (Lipinski definition) is 4. The molecule has 1 amide bonds. The van der Waals surface area contributed by atoms with Crippen molar-refractivity contribution in [3.63, 3.8) is 0 Å². The standard InChI is InChI=1S/C18H20F2N2O3/c19-13-3-8-17(16(20)12-13)25-10-1-2-18(23)22-14-4-6-15(7-5-14)24-11-9-21/h3-8,12H,1-2,9-11,21H2,(H,22,23). The van der Waals surface area contributed by atoms with Gasteiger partial charge < -0.3 is 20.5 Å². The highest BCUT2D eigenvalue weighted by molar-refractivity contribution is 5.90. The Balaban J connectivity index is 1.70. The first-order valence-corrected chi connectivity index (χ1v) is 7.89. The lowest BCUT2D eigenvalue weighted by Gasteiger charge is -2.09. The fraction of sp³-hybridized carbons (Fsp3) is 0.278. The number of ether oxygens (including phenoxy) is 2. The molecule has 0 bridgehead atoms. The summed E-state index contributed by atoms with van der Waals surface area (Å²) < 4.78 is 36.7. The summed E-state index contributed by atoms with van der Waals surface area (Å²) in [5.74, 6) is -0.961. The van der Waals surface area contributed by atoms with Gasteiger partial charge in [-0.2, -0.15) is 0 Å². The molecular weight excluding hydrogens is 330 g/mol. The molecule has 3 N–H and O–H groups in total. The summed E-state index contributed by atoms with van der Waals surface area (Å²) in [6.45, 7) is 1.02. The van der Waals surface area contributed by atoms with Crippen molar-refractivity contribution in [2.75, 3.05) is 25.1 Å². The van der Waals surface area contributed by atoms with Gasteiger partial charge in [0.1, 0.15) is 18.2 Å². The third kappa shape index (κ3) is 6.39. The zero-order valence-electron chi connectivity index (χ0n) is 13.6. The van der Waals surface area contributed by atoms with Gasteiger partial charge in [0.15, 0.2) is 11.6 Å². The van der Waals surface area contributed by atoms with E-state index >= 15 is 0 Å². The first kappa shape index (κ1) is 18.7. The van der Waals surface area contributed by atoms with Gasteiger partial charge in [0, 0.05) is 24.7 Å². The van der Waals surface area contributed by atoms with Gasteiger partial charge in [-0.25, -0.2) is 8.78 Å². The number of carbonyl (C=O) groups is 1. The van der Waals surface area contributed by atoms with Crippen LogP contribution in [0.15, 0.2) is 42.5 Å². The Morgan fingerprint density at radius 1 is 1.04 bits per heavy atom. The Bertz CT molecular complexity index is 693. The van der Waals surface area contributed by atoms with E-state index in [9.17, 15) is 13.6 Å². The van der Waals surface area contributed by atoms with E-state index in [1.54, 1.807) is 24.3 Å². The number of carbonyl (C=O) groups excluding carboxylic acids is 1. The van der Waals surface area contributed by atoms with Gasteiger partial charge in [-0.15, -0.1) is 0 Å². The van der Waals surface area contributed by atoms with E-state index in [1.807, 2.05) is 0 Å². The van der Waals surface area contributed by atoms with E-state index < -0.39 is 11.6 Å². The second kappa shape index (κ2) is 9.58. The second-order valence-corrected chi connectivity index (χ2v) is 5.24. The van der Waals surface area contributed by atoms with Crippen LogP contribution in [0.5, 0.6) is 11.5 Å². The van der Waals surface area contributed by atoms with Gasteiger partial charge in [-0.3, -0.25) is 4.79 Å². The normalized spacial score (nSPS) is 10.4. The number of hydrogen-bond donors (Lipinski definition) is 2. The summed E-state index contributed by atoms with van der Waals surface area (Å²) in [5, 5.41) is 2.74. The summed E-state index contributed by atoms with van der Waals surface area (Å²) in [6.07, 6.45) is 0.620. The number of nitrogens with two attached hydrogens (primary N) is 1. The monoisotopic (exact) mass is 350 g/mol. The number of benzene rings is 2. The lowest BCUT2D eigenvalue weighted by Crippen LogP contribution is -2.13. The molecule has 2 rings (SSSR count). The molecule has 7 heteroatoms. The minimum absolute atomic E-state index is 0.0325. The summed E-state index contributed by atoms with van der Waals surface area (Å²) >= 11 is 0. The highest BCUT2D eigenvalue weighted by atomic mass is 19.1. The summed E-state index contributed by atoms with van der Waals surface area (Å²) in [6, 6.07) is 10.0. The average molecular weight is 350 g/mol. The van der Waals surface area contributed by atoms with Crippen molar-refractivity contribution in [2.45, 2.75) is 12.8 Å². The maximum absolute atomic E-state index is 13.4. The Hall–Kier alpha value is -2.67.